The molecule has 0 aromatic heterocycles. The second kappa shape index (κ2) is 8.65. The monoisotopic (exact) mass is 317 g/mol. The van der Waals surface area contributed by atoms with Gasteiger partial charge in [-0.05, 0) is 42.5 Å². The molecule has 23 heavy (non-hydrogen) atoms. The number of aliphatic hydroxyl groups excluding tert-OH is 1. The third-order valence-corrected chi connectivity index (χ3v) is 4.09. The summed E-state index contributed by atoms with van der Waals surface area (Å²) in [7, 11) is 1.46. The quantitative estimate of drug-likeness (QED) is 0.781. The summed E-state index contributed by atoms with van der Waals surface area (Å²) in [5.74, 6) is 0.128. The van der Waals surface area contributed by atoms with Crippen molar-refractivity contribution in [2.24, 2.45) is 0 Å². The van der Waals surface area contributed by atoms with E-state index in [1.807, 2.05) is 31.2 Å². The van der Waals surface area contributed by atoms with E-state index in [1.165, 1.54) is 18.7 Å². The largest absolute Gasteiger partial charge is 0.494 e. The van der Waals surface area contributed by atoms with E-state index in [1.54, 1.807) is 6.07 Å². The van der Waals surface area contributed by atoms with Crippen LogP contribution in [-0.4, -0.2) is 25.4 Å². The van der Waals surface area contributed by atoms with Crippen molar-refractivity contribution in [1.29, 1.82) is 0 Å². The van der Waals surface area contributed by atoms with Gasteiger partial charge >= 0.3 is 0 Å². The topological polar surface area (TPSA) is 41.5 Å². The summed E-state index contributed by atoms with van der Waals surface area (Å²) in [6.45, 7) is 2.87. The van der Waals surface area contributed by atoms with Gasteiger partial charge in [0.1, 0.15) is 0 Å². The molecule has 2 atom stereocenters. The number of halogens is 1. The third-order valence-electron chi connectivity index (χ3n) is 4.09. The van der Waals surface area contributed by atoms with Crippen molar-refractivity contribution in [2.75, 3.05) is 20.3 Å². The molecule has 2 unspecified atom stereocenters. The Hall–Kier alpha value is -1.91. The molecule has 124 valence electrons. The zero-order chi connectivity index (χ0) is 16.7. The number of benzene rings is 2. The molecule has 0 saturated carbocycles. The van der Waals surface area contributed by atoms with Gasteiger partial charge in [0.25, 0.3) is 0 Å². The summed E-state index contributed by atoms with van der Waals surface area (Å²) in [6, 6.07) is 15.1. The predicted molar refractivity (Wildman–Crippen MR) is 90.3 cm³/mol. The second-order valence-corrected chi connectivity index (χ2v) is 5.64. The van der Waals surface area contributed by atoms with E-state index in [2.05, 4.69) is 17.4 Å². The highest BCUT2D eigenvalue weighted by Gasteiger charge is 2.14. The van der Waals surface area contributed by atoms with E-state index in [0.717, 1.165) is 12.1 Å². The van der Waals surface area contributed by atoms with E-state index in [9.17, 15) is 9.50 Å². The van der Waals surface area contributed by atoms with Crippen molar-refractivity contribution < 1.29 is 14.2 Å². The minimum Gasteiger partial charge on any atom is -0.494 e. The molecular formula is C19H24FNO2. The highest BCUT2D eigenvalue weighted by molar-refractivity contribution is 5.31. The van der Waals surface area contributed by atoms with Gasteiger partial charge in [-0.25, -0.2) is 4.39 Å². The van der Waals surface area contributed by atoms with Crippen molar-refractivity contribution in [3.05, 3.63) is 65.5 Å². The van der Waals surface area contributed by atoms with Gasteiger partial charge in [0, 0.05) is 19.2 Å². The number of methoxy groups -OCH3 is 1. The molecule has 3 nitrogen and oxygen atoms in total. The summed E-state index contributed by atoms with van der Waals surface area (Å²) in [5, 5.41) is 12.7. The Morgan fingerprint density at radius 3 is 2.48 bits per heavy atom. The Labute approximate surface area is 137 Å². The highest BCUT2D eigenvalue weighted by Crippen LogP contribution is 2.23. The zero-order valence-corrected chi connectivity index (χ0v) is 13.6. The SMILES string of the molecule is COc1ccc(C(C)NCC(CCO)c2ccccc2)cc1F. The van der Waals surface area contributed by atoms with Crippen molar-refractivity contribution in [2.45, 2.75) is 25.3 Å². The molecule has 0 saturated heterocycles. The van der Waals surface area contributed by atoms with E-state index in [4.69, 9.17) is 4.74 Å². The van der Waals surface area contributed by atoms with Crippen molar-refractivity contribution in [3.63, 3.8) is 0 Å². The molecule has 2 N–H and O–H groups in total. The van der Waals surface area contributed by atoms with Crippen LogP contribution < -0.4 is 10.1 Å². The zero-order valence-electron chi connectivity index (χ0n) is 13.6. The molecule has 0 spiro atoms. The van der Waals surface area contributed by atoms with Crippen molar-refractivity contribution in [3.8, 4) is 5.75 Å². The second-order valence-electron chi connectivity index (χ2n) is 5.64. The van der Waals surface area contributed by atoms with Crippen molar-refractivity contribution in [1.82, 2.24) is 5.32 Å². The molecule has 2 aromatic rings. The minimum absolute atomic E-state index is 0.0142. The van der Waals surface area contributed by atoms with Crippen LogP contribution in [0.4, 0.5) is 4.39 Å². The standard InChI is InChI=1S/C19H24FNO2/c1-14(16-8-9-19(23-2)18(20)12-16)21-13-17(10-11-22)15-6-4-3-5-7-15/h3-9,12,14,17,21-22H,10-11,13H2,1-2H3. The van der Waals surface area contributed by atoms with Crippen LogP contribution in [0.1, 0.15) is 36.4 Å². The van der Waals surface area contributed by atoms with Crippen LogP contribution in [0, 0.1) is 5.82 Å². The lowest BCUT2D eigenvalue weighted by Crippen LogP contribution is -2.25. The predicted octanol–water partition coefficient (Wildman–Crippen LogP) is 3.65. The van der Waals surface area contributed by atoms with Crippen molar-refractivity contribution >= 4 is 0 Å². The fraction of sp³-hybridized carbons (Fsp3) is 0.368. The molecule has 0 heterocycles. The summed E-state index contributed by atoms with van der Waals surface area (Å²) in [4.78, 5) is 0. The number of ether oxygens (including phenoxy) is 1. The first-order valence-corrected chi connectivity index (χ1v) is 7.88. The maximum Gasteiger partial charge on any atom is 0.165 e. The Morgan fingerprint density at radius 2 is 1.87 bits per heavy atom. The smallest absolute Gasteiger partial charge is 0.165 e. The summed E-state index contributed by atoms with van der Waals surface area (Å²) >= 11 is 0. The van der Waals surface area contributed by atoms with Gasteiger partial charge in [-0.3, -0.25) is 0 Å². The summed E-state index contributed by atoms with van der Waals surface area (Å²) < 4.78 is 18.8. The van der Waals surface area contributed by atoms with Crippen LogP contribution in [0.3, 0.4) is 0 Å². The molecule has 0 radical (unpaired) electrons. The Morgan fingerprint density at radius 1 is 1.13 bits per heavy atom. The minimum atomic E-state index is -0.353. The van der Waals surface area contributed by atoms with Crippen LogP contribution in [-0.2, 0) is 0 Å². The van der Waals surface area contributed by atoms with E-state index in [-0.39, 0.29) is 30.1 Å². The van der Waals surface area contributed by atoms with Crippen LogP contribution in [0.15, 0.2) is 48.5 Å². The lowest BCUT2D eigenvalue weighted by Gasteiger charge is -2.21. The number of hydrogen-bond acceptors (Lipinski definition) is 3. The van der Waals surface area contributed by atoms with Crippen LogP contribution in [0.2, 0.25) is 0 Å². The average Bonchev–Trinajstić information content (AvgIpc) is 2.59. The summed E-state index contributed by atoms with van der Waals surface area (Å²) in [6.07, 6.45) is 0.695. The molecule has 0 fully saturated rings. The first kappa shape index (κ1) is 17.4. The lowest BCUT2D eigenvalue weighted by atomic mass is 9.95. The molecular weight excluding hydrogens is 293 g/mol. The lowest BCUT2D eigenvalue weighted by molar-refractivity contribution is 0.272. The molecule has 0 bridgehead atoms. The van der Waals surface area contributed by atoms with E-state index < -0.39 is 0 Å². The van der Waals surface area contributed by atoms with Gasteiger partial charge in [0.05, 0.1) is 7.11 Å². The fourth-order valence-corrected chi connectivity index (χ4v) is 2.66. The molecule has 0 amide bonds. The number of hydrogen-bond donors (Lipinski definition) is 2. The van der Waals surface area contributed by atoms with Gasteiger partial charge in [-0.2, -0.15) is 0 Å². The number of aliphatic hydroxyl groups is 1. The van der Waals surface area contributed by atoms with Gasteiger partial charge in [-0.1, -0.05) is 36.4 Å². The Kier molecular flexibility index (Phi) is 6.56. The molecule has 0 aliphatic rings. The van der Waals surface area contributed by atoms with Crippen LogP contribution in [0.5, 0.6) is 5.75 Å². The van der Waals surface area contributed by atoms with E-state index >= 15 is 0 Å². The molecule has 2 aromatic carbocycles. The Bertz CT molecular complexity index is 604. The van der Waals surface area contributed by atoms with Crippen LogP contribution in [0.25, 0.3) is 0 Å². The molecule has 0 aliphatic heterocycles. The van der Waals surface area contributed by atoms with Gasteiger partial charge in [-0.15, -0.1) is 0 Å². The van der Waals surface area contributed by atoms with Gasteiger partial charge < -0.3 is 15.2 Å². The summed E-state index contributed by atoms with van der Waals surface area (Å²) in [5.41, 5.74) is 2.07. The van der Waals surface area contributed by atoms with Crippen LogP contribution >= 0.6 is 0 Å². The normalized spacial score (nSPS) is 13.6. The maximum absolute atomic E-state index is 13.8. The first-order valence-electron chi connectivity index (χ1n) is 7.88. The highest BCUT2D eigenvalue weighted by atomic mass is 19.1. The van der Waals surface area contributed by atoms with Gasteiger partial charge in [0.15, 0.2) is 11.6 Å². The number of rotatable bonds is 8. The fourth-order valence-electron chi connectivity index (χ4n) is 2.66. The average molecular weight is 317 g/mol. The Balaban J connectivity index is 2.01. The van der Waals surface area contributed by atoms with E-state index in [0.29, 0.717) is 6.42 Å². The van der Waals surface area contributed by atoms with Gasteiger partial charge in [0.2, 0.25) is 0 Å². The third kappa shape index (κ3) is 4.78. The number of nitrogens with one attached hydrogen (secondary N) is 1. The molecule has 2 rings (SSSR count). The first-order chi connectivity index (χ1) is 11.2. The maximum atomic E-state index is 13.8. The molecule has 0 aliphatic carbocycles. The molecule has 4 heteroatoms.